The van der Waals surface area contributed by atoms with E-state index in [-0.39, 0.29) is 0 Å². The van der Waals surface area contributed by atoms with Crippen LogP contribution < -0.4 is 5.32 Å². The monoisotopic (exact) mass is 247 g/mol. The average molecular weight is 247 g/mol. The van der Waals surface area contributed by atoms with Gasteiger partial charge in [0.15, 0.2) is 0 Å². The van der Waals surface area contributed by atoms with Gasteiger partial charge in [0.25, 0.3) is 0 Å². The molecule has 1 aromatic carbocycles. The van der Waals surface area contributed by atoms with Crippen LogP contribution in [0, 0.1) is 5.92 Å². The largest absolute Gasteiger partial charge is 0.380 e. The molecule has 1 fully saturated rings. The lowest BCUT2D eigenvalue weighted by Gasteiger charge is -2.16. The first-order valence-corrected chi connectivity index (χ1v) is 7.12. The van der Waals surface area contributed by atoms with Gasteiger partial charge in [0.05, 0.1) is 6.61 Å². The highest BCUT2D eigenvalue weighted by Crippen LogP contribution is 2.34. The van der Waals surface area contributed by atoms with Gasteiger partial charge in [-0.25, -0.2) is 0 Å². The molecule has 1 aliphatic carbocycles. The number of nitrogens with one attached hydrogen (secondary N) is 1. The molecule has 100 valence electrons. The minimum absolute atomic E-state index is 0.691. The van der Waals surface area contributed by atoms with E-state index < -0.39 is 0 Å². The van der Waals surface area contributed by atoms with Crippen molar-refractivity contribution in [2.75, 3.05) is 7.11 Å². The Balaban J connectivity index is 1.77. The SMILES string of the molecule is CCC(CC1CC1)NCc1ccc(COC)cc1. The molecule has 1 N–H and O–H groups in total. The van der Waals surface area contributed by atoms with Crippen LogP contribution >= 0.6 is 0 Å². The topological polar surface area (TPSA) is 21.3 Å². The second kappa shape index (κ2) is 6.91. The maximum absolute atomic E-state index is 5.12. The van der Waals surface area contributed by atoms with Crippen LogP contribution in [0.1, 0.15) is 43.7 Å². The van der Waals surface area contributed by atoms with Gasteiger partial charge in [-0.3, -0.25) is 0 Å². The van der Waals surface area contributed by atoms with Gasteiger partial charge in [0, 0.05) is 19.7 Å². The summed E-state index contributed by atoms with van der Waals surface area (Å²) in [7, 11) is 1.74. The Morgan fingerprint density at radius 1 is 1.22 bits per heavy atom. The fourth-order valence-corrected chi connectivity index (χ4v) is 2.33. The maximum atomic E-state index is 5.12. The van der Waals surface area contributed by atoms with E-state index in [9.17, 15) is 0 Å². The van der Waals surface area contributed by atoms with E-state index in [1.54, 1.807) is 7.11 Å². The molecule has 0 saturated heterocycles. The summed E-state index contributed by atoms with van der Waals surface area (Å²) >= 11 is 0. The van der Waals surface area contributed by atoms with Gasteiger partial charge >= 0.3 is 0 Å². The van der Waals surface area contributed by atoms with Crippen LogP contribution in [0.4, 0.5) is 0 Å². The fourth-order valence-electron chi connectivity index (χ4n) is 2.33. The molecule has 1 aromatic rings. The molecule has 18 heavy (non-hydrogen) atoms. The molecule has 0 heterocycles. The fraction of sp³-hybridized carbons (Fsp3) is 0.625. The molecule has 1 unspecified atom stereocenters. The van der Waals surface area contributed by atoms with Crippen molar-refractivity contribution in [2.24, 2.45) is 5.92 Å². The lowest BCUT2D eigenvalue weighted by atomic mass is 10.1. The van der Waals surface area contributed by atoms with Gasteiger partial charge in [-0.05, 0) is 29.9 Å². The molecule has 0 spiro atoms. The Morgan fingerprint density at radius 2 is 1.89 bits per heavy atom. The predicted molar refractivity (Wildman–Crippen MR) is 75.4 cm³/mol. The summed E-state index contributed by atoms with van der Waals surface area (Å²) in [5.74, 6) is 1.01. The number of ether oxygens (including phenoxy) is 1. The van der Waals surface area contributed by atoms with Crippen molar-refractivity contribution >= 4 is 0 Å². The Labute approximate surface area is 111 Å². The first kappa shape index (κ1) is 13.6. The number of rotatable bonds is 8. The highest BCUT2D eigenvalue weighted by Gasteiger charge is 2.24. The van der Waals surface area contributed by atoms with Gasteiger partial charge in [0.1, 0.15) is 0 Å². The first-order valence-electron chi connectivity index (χ1n) is 7.12. The Kier molecular flexibility index (Phi) is 5.21. The molecule has 0 radical (unpaired) electrons. The lowest BCUT2D eigenvalue weighted by molar-refractivity contribution is 0.185. The molecular weight excluding hydrogens is 222 g/mol. The third-order valence-electron chi connectivity index (χ3n) is 3.74. The highest BCUT2D eigenvalue weighted by atomic mass is 16.5. The van der Waals surface area contributed by atoms with E-state index in [2.05, 4.69) is 36.5 Å². The molecule has 0 aromatic heterocycles. The second-order valence-corrected chi connectivity index (χ2v) is 5.41. The van der Waals surface area contributed by atoms with Gasteiger partial charge in [-0.15, -0.1) is 0 Å². The van der Waals surface area contributed by atoms with Crippen LogP contribution in [0.2, 0.25) is 0 Å². The van der Waals surface area contributed by atoms with E-state index in [0.717, 1.165) is 12.5 Å². The van der Waals surface area contributed by atoms with Crippen LogP contribution in [0.15, 0.2) is 24.3 Å². The molecule has 0 amide bonds. The molecule has 2 nitrogen and oxygen atoms in total. The van der Waals surface area contributed by atoms with Crippen molar-refractivity contribution in [2.45, 2.75) is 51.8 Å². The summed E-state index contributed by atoms with van der Waals surface area (Å²) in [5.41, 5.74) is 2.61. The Bertz CT molecular complexity index is 343. The summed E-state index contributed by atoms with van der Waals surface area (Å²) in [5, 5.41) is 3.68. The third-order valence-corrected chi connectivity index (χ3v) is 3.74. The zero-order chi connectivity index (χ0) is 12.8. The number of hydrogen-bond acceptors (Lipinski definition) is 2. The molecule has 1 aliphatic rings. The minimum Gasteiger partial charge on any atom is -0.380 e. The van der Waals surface area contributed by atoms with Crippen molar-refractivity contribution in [1.82, 2.24) is 5.32 Å². The Morgan fingerprint density at radius 3 is 2.44 bits per heavy atom. The molecule has 2 heteroatoms. The van der Waals surface area contributed by atoms with Gasteiger partial charge < -0.3 is 10.1 Å². The first-order chi connectivity index (χ1) is 8.81. The molecular formula is C16H25NO. The van der Waals surface area contributed by atoms with E-state index >= 15 is 0 Å². The van der Waals surface area contributed by atoms with E-state index in [0.29, 0.717) is 12.6 Å². The zero-order valence-electron chi connectivity index (χ0n) is 11.6. The van der Waals surface area contributed by atoms with Crippen molar-refractivity contribution in [1.29, 1.82) is 0 Å². The van der Waals surface area contributed by atoms with Crippen molar-refractivity contribution in [3.63, 3.8) is 0 Å². The van der Waals surface area contributed by atoms with Crippen molar-refractivity contribution in [3.05, 3.63) is 35.4 Å². The third kappa shape index (κ3) is 4.43. The van der Waals surface area contributed by atoms with Crippen LogP contribution in [0.25, 0.3) is 0 Å². The van der Waals surface area contributed by atoms with E-state index in [1.165, 1.54) is 36.8 Å². The number of methoxy groups -OCH3 is 1. The second-order valence-electron chi connectivity index (χ2n) is 5.41. The van der Waals surface area contributed by atoms with Crippen LogP contribution in [0.3, 0.4) is 0 Å². The molecule has 0 bridgehead atoms. The van der Waals surface area contributed by atoms with Crippen molar-refractivity contribution < 1.29 is 4.74 Å². The van der Waals surface area contributed by atoms with Crippen molar-refractivity contribution in [3.8, 4) is 0 Å². The molecule has 1 saturated carbocycles. The van der Waals surface area contributed by atoms with Crippen LogP contribution in [-0.2, 0) is 17.9 Å². The highest BCUT2D eigenvalue weighted by molar-refractivity contribution is 5.21. The van der Waals surface area contributed by atoms with E-state index in [4.69, 9.17) is 4.74 Å². The Hall–Kier alpha value is -0.860. The smallest absolute Gasteiger partial charge is 0.0713 e. The van der Waals surface area contributed by atoms with E-state index in [1.807, 2.05) is 0 Å². The predicted octanol–water partition coefficient (Wildman–Crippen LogP) is 3.50. The number of benzene rings is 1. The van der Waals surface area contributed by atoms with Gasteiger partial charge in [-0.2, -0.15) is 0 Å². The van der Waals surface area contributed by atoms with Crippen LogP contribution in [-0.4, -0.2) is 13.2 Å². The minimum atomic E-state index is 0.691. The maximum Gasteiger partial charge on any atom is 0.0713 e. The number of hydrogen-bond donors (Lipinski definition) is 1. The summed E-state index contributed by atoms with van der Waals surface area (Å²) in [4.78, 5) is 0. The average Bonchev–Trinajstić information content (AvgIpc) is 3.20. The van der Waals surface area contributed by atoms with Crippen LogP contribution in [0.5, 0.6) is 0 Å². The summed E-state index contributed by atoms with van der Waals surface area (Å²) in [6.45, 7) is 3.97. The van der Waals surface area contributed by atoms with Gasteiger partial charge in [-0.1, -0.05) is 44.0 Å². The molecule has 2 rings (SSSR count). The standard InChI is InChI=1S/C16H25NO/c1-3-16(10-13-4-5-13)17-11-14-6-8-15(9-7-14)12-18-2/h6-9,13,16-17H,3-5,10-12H2,1-2H3. The lowest BCUT2D eigenvalue weighted by Crippen LogP contribution is -2.28. The zero-order valence-corrected chi connectivity index (χ0v) is 11.6. The molecule has 0 aliphatic heterocycles. The normalized spacial score (nSPS) is 16.8. The molecule has 1 atom stereocenters. The van der Waals surface area contributed by atoms with Gasteiger partial charge in [0.2, 0.25) is 0 Å². The quantitative estimate of drug-likeness (QED) is 0.759. The summed E-state index contributed by atoms with van der Waals surface area (Å²) in [6, 6.07) is 9.40. The summed E-state index contributed by atoms with van der Waals surface area (Å²) in [6.07, 6.45) is 5.49. The summed E-state index contributed by atoms with van der Waals surface area (Å²) < 4.78 is 5.12.